The van der Waals surface area contributed by atoms with Crippen molar-refractivity contribution in [2.24, 2.45) is 10.8 Å². The topological polar surface area (TPSA) is 132 Å². The molecule has 4 N–H and O–H groups in total. The predicted molar refractivity (Wildman–Crippen MR) is 103 cm³/mol. The summed E-state index contributed by atoms with van der Waals surface area (Å²) in [5.41, 5.74) is 9.13. The lowest BCUT2D eigenvalue weighted by Crippen LogP contribution is -2.32. The van der Waals surface area contributed by atoms with E-state index in [0.717, 1.165) is 5.56 Å². The first-order valence-corrected chi connectivity index (χ1v) is 8.20. The summed E-state index contributed by atoms with van der Waals surface area (Å²) < 4.78 is 10.4. The zero-order chi connectivity index (χ0) is 20.5. The molecule has 3 amide bonds. The van der Waals surface area contributed by atoms with Gasteiger partial charge < -0.3 is 20.5 Å². The molecule has 0 aliphatic carbocycles. The number of nitrogens with two attached hydrogens (primary N) is 1. The van der Waals surface area contributed by atoms with E-state index in [1.807, 2.05) is 19.1 Å². The van der Waals surface area contributed by atoms with E-state index in [9.17, 15) is 14.4 Å². The van der Waals surface area contributed by atoms with Crippen molar-refractivity contribution >= 4 is 29.6 Å². The number of nitrogens with zero attached hydrogens (tertiary/aromatic N) is 1. The van der Waals surface area contributed by atoms with Crippen molar-refractivity contribution < 1.29 is 23.9 Å². The molecule has 0 aromatic heterocycles. The molecule has 0 aliphatic rings. The molecule has 146 valence electrons. The number of aryl methyl sites for hydroxylation is 1. The van der Waals surface area contributed by atoms with Crippen LogP contribution < -0.4 is 25.9 Å². The number of primary amides is 1. The van der Waals surface area contributed by atoms with Gasteiger partial charge in [-0.25, -0.2) is 5.43 Å². The van der Waals surface area contributed by atoms with Gasteiger partial charge in [0.2, 0.25) is 0 Å². The van der Waals surface area contributed by atoms with E-state index in [2.05, 4.69) is 15.8 Å². The second kappa shape index (κ2) is 9.72. The Labute approximate surface area is 161 Å². The van der Waals surface area contributed by atoms with Crippen LogP contribution in [0.25, 0.3) is 0 Å². The summed E-state index contributed by atoms with van der Waals surface area (Å²) >= 11 is 0. The molecular formula is C19H20N4O5. The molecule has 0 unspecified atom stereocenters. The van der Waals surface area contributed by atoms with Crippen molar-refractivity contribution in [3.8, 4) is 11.5 Å². The molecule has 0 heterocycles. The fourth-order valence-corrected chi connectivity index (χ4v) is 2.14. The quantitative estimate of drug-likeness (QED) is 0.372. The van der Waals surface area contributed by atoms with Crippen LogP contribution in [0.3, 0.4) is 0 Å². The third-order valence-corrected chi connectivity index (χ3v) is 3.54. The summed E-state index contributed by atoms with van der Waals surface area (Å²) in [6, 6.07) is 11.9. The first kappa shape index (κ1) is 20.4. The average Bonchev–Trinajstić information content (AvgIpc) is 2.68. The van der Waals surface area contributed by atoms with Gasteiger partial charge in [0.25, 0.3) is 5.91 Å². The maximum atomic E-state index is 11.9. The second-order valence-corrected chi connectivity index (χ2v) is 5.63. The third-order valence-electron chi connectivity index (χ3n) is 3.54. The summed E-state index contributed by atoms with van der Waals surface area (Å²) in [7, 11) is 1.44. The van der Waals surface area contributed by atoms with E-state index in [1.165, 1.54) is 13.3 Å². The molecule has 0 saturated heterocycles. The van der Waals surface area contributed by atoms with Gasteiger partial charge in [0.15, 0.2) is 18.1 Å². The fraction of sp³-hybridized carbons (Fsp3) is 0.158. The number of nitrogens with one attached hydrogen (secondary N) is 2. The number of carbonyl (C=O) groups excluding carboxylic acids is 3. The van der Waals surface area contributed by atoms with E-state index >= 15 is 0 Å². The van der Waals surface area contributed by atoms with Gasteiger partial charge in [0, 0.05) is 5.69 Å². The van der Waals surface area contributed by atoms with E-state index in [0.29, 0.717) is 22.7 Å². The minimum Gasteiger partial charge on any atom is -0.493 e. The number of carbonyl (C=O) groups is 3. The summed E-state index contributed by atoms with van der Waals surface area (Å²) in [4.78, 5) is 34.6. The first-order chi connectivity index (χ1) is 13.4. The van der Waals surface area contributed by atoms with E-state index in [-0.39, 0.29) is 6.61 Å². The molecule has 2 rings (SSSR count). The van der Waals surface area contributed by atoms with Crippen LogP contribution in [0.15, 0.2) is 47.6 Å². The molecule has 0 atom stereocenters. The SMILES string of the molecule is COc1cc(/C=N\NC(=O)C(=O)Nc2ccccc2C)ccc1OCC(N)=O. The lowest BCUT2D eigenvalue weighted by molar-refractivity contribution is -0.136. The van der Waals surface area contributed by atoms with E-state index < -0.39 is 17.7 Å². The highest BCUT2D eigenvalue weighted by Crippen LogP contribution is 2.27. The van der Waals surface area contributed by atoms with Crippen molar-refractivity contribution in [1.82, 2.24) is 5.43 Å². The molecule has 28 heavy (non-hydrogen) atoms. The number of hydrogen-bond donors (Lipinski definition) is 3. The molecule has 0 radical (unpaired) electrons. The van der Waals surface area contributed by atoms with Gasteiger partial charge in [-0.05, 0) is 42.3 Å². The van der Waals surface area contributed by atoms with E-state index in [4.69, 9.17) is 15.2 Å². The average molecular weight is 384 g/mol. The monoisotopic (exact) mass is 384 g/mol. The smallest absolute Gasteiger partial charge is 0.329 e. The number of hydrogen-bond acceptors (Lipinski definition) is 6. The maximum absolute atomic E-state index is 11.9. The lowest BCUT2D eigenvalue weighted by Gasteiger charge is -2.09. The molecule has 0 spiro atoms. The number of anilines is 1. The van der Waals surface area contributed by atoms with Crippen LogP contribution in [0.4, 0.5) is 5.69 Å². The Kier molecular flexibility index (Phi) is 7.09. The van der Waals surface area contributed by atoms with Crippen LogP contribution in [0, 0.1) is 6.92 Å². The number of benzene rings is 2. The highest BCUT2D eigenvalue weighted by molar-refractivity contribution is 6.39. The molecule has 0 bridgehead atoms. The predicted octanol–water partition coefficient (Wildman–Crippen LogP) is 0.957. The summed E-state index contributed by atoms with van der Waals surface area (Å²) in [5, 5.41) is 6.26. The zero-order valence-electron chi connectivity index (χ0n) is 15.4. The second-order valence-electron chi connectivity index (χ2n) is 5.63. The molecule has 2 aromatic carbocycles. The van der Waals surface area contributed by atoms with Crippen LogP contribution in [-0.2, 0) is 14.4 Å². The molecule has 9 heteroatoms. The van der Waals surface area contributed by atoms with Crippen molar-refractivity contribution in [3.05, 3.63) is 53.6 Å². The largest absolute Gasteiger partial charge is 0.493 e. The Morgan fingerprint density at radius 1 is 1.11 bits per heavy atom. The molecular weight excluding hydrogens is 364 g/mol. The van der Waals surface area contributed by atoms with Crippen LogP contribution in [0.1, 0.15) is 11.1 Å². The van der Waals surface area contributed by atoms with Gasteiger partial charge in [-0.2, -0.15) is 5.10 Å². The number of amides is 3. The van der Waals surface area contributed by atoms with Crippen molar-refractivity contribution in [2.45, 2.75) is 6.92 Å². The van der Waals surface area contributed by atoms with Crippen LogP contribution in [0.2, 0.25) is 0 Å². The highest BCUT2D eigenvalue weighted by Gasteiger charge is 2.13. The first-order valence-electron chi connectivity index (χ1n) is 8.20. The van der Waals surface area contributed by atoms with Crippen molar-refractivity contribution in [1.29, 1.82) is 0 Å². The number of para-hydroxylation sites is 1. The lowest BCUT2D eigenvalue weighted by atomic mass is 10.2. The Morgan fingerprint density at radius 3 is 2.54 bits per heavy atom. The van der Waals surface area contributed by atoms with Gasteiger partial charge in [-0.15, -0.1) is 0 Å². The number of ether oxygens (including phenoxy) is 2. The highest BCUT2D eigenvalue weighted by atomic mass is 16.5. The Balaban J connectivity index is 1.96. The van der Waals surface area contributed by atoms with Crippen LogP contribution in [0.5, 0.6) is 11.5 Å². The number of hydrazone groups is 1. The molecule has 0 saturated carbocycles. The third kappa shape index (κ3) is 5.84. The summed E-state index contributed by atoms with van der Waals surface area (Å²) in [6.45, 7) is 1.53. The summed E-state index contributed by atoms with van der Waals surface area (Å²) in [5.74, 6) is -1.67. The van der Waals surface area contributed by atoms with Gasteiger partial charge in [0.1, 0.15) is 0 Å². The molecule has 0 aliphatic heterocycles. The zero-order valence-corrected chi connectivity index (χ0v) is 15.4. The Morgan fingerprint density at radius 2 is 1.86 bits per heavy atom. The molecule has 0 fully saturated rings. The number of rotatable bonds is 7. The molecule has 2 aromatic rings. The Bertz CT molecular complexity index is 911. The maximum Gasteiger partial charge on any atom is 0.329 e. The normalized spacial score (nSPS) is 10.4. The van der Waals surface area contributed by atoms with Crippen molar-refractivity contribution in [2.75, 3.05) is 19.0 Å². The van der Waals surface area contributed by atoms with Gasteiger partial charge in [0.05, 0.1) is 13.3 Å². The van der Waals surface area contributed by atoms with Crippen molar-refractivity contribution in [3.63, 3.8) is 0 Å². The standard InChI is InChI=1S/C19H20N4O5/c1-12-5-3-4-6-14(12)22-18(25)19(26)23-21-10-13-7-8-15(16(9-13)27-2)28-11-17(20)24/h3-10H,11H2,1-2H3,(H2,20,24)(H,22,25)(H,23,26)/b21-10-. The minimum absolute atomic E-state index is 0.282. The van der Waals surface area contributed by atoms with Gasteiger partial charge >= 0.3 is 11.8 Å². The molecule has 9 nitrogen and oxygen atoms in total. The minimum atomic E-state index is -0.909. The van der Waals surface area contributed by atoms with E-state index in [1.54, 1.807) is 30.3 Å². The van der Waals surface area contributed by atoms with Crippen LogP contribution in [-0.4, -0.2) is 37.7 Å². The summed E-state index contributed by atoms with van der Waals surface area (Å²) in [6.07, 6.45) is 1.33. The van der Waals surface area contributed by atoms with Crippen LogP contribution >= 0.6 is 0 Å². The Hall–Kier alpha value is -3.88. The van der Waals surface area contributed by atoms with Gasteiger partial charge in [-0.3, -0.25) is 14.4 Å². The van der Waals surface area contributed by atoms with Gasteiger partial charge in [-0.1, -0.05) is 18.2 Å². The fourth-order valence-electron chi connectivity index (χ4n) is 2.14. The number of methoxy groups -OCH3 is 1.